The molecule has 0 N–H and O–H groups in total. The molecule has 0 aliphatic heterocycles. The summed E-state index contributed by atoms with van der Waals surface area (Å²) in [4.78, 5) is 19.3. The second-order valence-electron chi connectivity index (χ2n) is 34.9. The zero-order valence-electron chi connectivity index (χ0n) is 75.2. The van der Waals surface area contributed by atoms with Crippen molar-refractivity contribution in [3.05, 3.63) is 487 Å². The molecule has 30 rings (SSSR count). The summed E-state index contributed by atoms with van der Waals surface area (Å²) in [5.41, 5.74) is 30.0. The van der Waals surface area contributed by atoms with Gasteiger partial charge in [0.05, 0.1) is 113 Å². The van der Waals surface area contributed by atoms with E-state index in [1.165, 1.54) is 21.5 Å². The molecule has 16 heteroatoms. The van der Waals surface area contributed by atoms with Gasteiger partial charge in [0.1, 0.15) is 45.6 Å². The Labute approximate surface area is 799 Å². The van der Waals surface area contributed by atoms with Gasteiger partial charge < -0.3 is 35.9 Å². The summed E-state index contributed by atoms with van der Waals surface area (Å²) < 4.78 is 41.7. The first-order valence-corrected chi connectivity index (χ1v) is 46.7. The topological polar surface area (TPSA) is 144 Å². The SMILES string of the molecule is c1ccc(-c2nc3ccccc3n2-c2cccc(-n3c4ccccc4c4c5occc5ccc43)c2)cc1.c1ccc(-c2nccn2-c2ccc(-n3c4ccccc4c4c5occc5ccc43)cc2)cc1.c1ccc(-n2c(-c3cccc(-n4c5ccccc5c5c6occc6ccc54)c3)nc3ccccc32)cc1.c1ccc(-n2ccnc2-c2ccc(-n3c4ccccc4c4c5occc5ccc43)cc2)cc1. The van der Waals surface area contributed by atoms with Gasteiger partial charge in [-0.2, -0.15) is 0 Å². The van der Waals surface area contributed by atoms with Crippen LogP contribution in [0.4, 0.5) is 0 Å². The summed E-state index contributed by atoms with van der Waals surface area (Å²) in [5, 5.41) is 13.8. The van der Waals surface area contributed by atoms with Crippen molar-refractivity contribution in [3.63, 3.8) is 0 Å². The Balaban J connectivity index is 0.0000000939. The maximum absolute atomic E-state index is 5.96. The van der Waals surface area contributed by atoms with Crippen molar-refractivity contribution in [1.29, 1.82) is 0 Å². The maximum Gasteiger partial charge on any atom is 0.145 e. The summed E-state index contributed by atoms with van der Waals surface area (Å²) in [6, 6.07) is 152. The van der Waals surface area contributed by atoms with E-state index in [0.717, 1.165) is 223 Å². The van der Waals surface area contributed by atoms with Crippen LogP contribution >= 0.6 is 0 Å². The van der Waals surface area contributed by atoms with Crippen LogP contribution in [-0.2, 0) is 0 Å². The summed E-state index contributed by atoms with van der Waals surface area (Å²) in [7, 11) is 0. The van der Waals surface area contributed by atoms with Gasteiger partial charge in [-0.3, -0.25) is 18.3 Å². The standard InChI is InChI=1S/2C33H21N3O.2C29H19N3O/c1-2-10-24(11-3-1)36-29-16-7-5-14-27(29)34-33(36)23-9-8-12-25(21-23)35-28-15-6-4-13-26(28)31-30(35)18-17-22-19-20-37-32(22)31;1-2-9-23(10-3-1)33-34-27-14-5-7-16-29(27)36(33)25-12-8-11-24(21-25)35-28-15-6-4-13-26(28)31-30(35)18-17-22-19-20-37-32(22)31;1-2-6-21(7-3-1)29-30-17-18-31(29)22-11-13-23(14-12-22)32-25-9-5-4-8-24(25)27-26(32)15-10-20-16-19-33-28(20)27;1-2-6-22(7-3-1)31-18-17-30-29(31)21-10-13-23(14-11-21)32-25-9-5-4-8-24(25)27-26(32)15-12-20-16-19-33-28(20)27/h2*1-21H;2*1-19H. The van der Waals surface area contributed by atoms with Crippen molar-refractivity contribution in [2.45, 2.75) is 0 Å². The molecule has 30 aromatic rings. The molecule has 18 aromatic carbocycles. The van der Waals surface area contributed by atoms with Crippen LogP contribution in [0.5, 0.6) is 0 Å². The van der Waals surface area contributed by atoms with Crippen LogP contribution in [0.2, 0.25) is 0 Å². The van der Waals surface area contributed by atoms with Crippen LogP contribution in [-0.4, -0.2) is 56.5 Å². The highest BCUT2D eigenvalue weighted by atomic mass is 16.3. The number of fused-ring (bicyclic) bond motifs is 22. The van der Waals surface area contributed by atoms with Crippen LogP contribution in [0.15, 0.2) is 504 Å². The number of nitrogens with zero attached hydrogens (tertiary/aromatic N) is 12. The Morgan fingerprint density at radius 3 is 0.879 bits per heavy atom. The van der Waals surface area contributed by atoms with Gasteiger partial charge in [0.25, 0.3) is 0 Å². The Hall–Kier alpha value is -19.3. The Kier molecular flexibility index (Phi) is 19.2. The molecule has 0 aliphatic carbocycles. The van der Waals surface area contributed by atoms with Crippen LogP contribution in [0.25, 0.3) is 244 Å². The minimum absolute atomic E-state index is 0.920. The number of imidazole rings is 4. The monoisotopic (exact) mass is 1800 g/mol. The highest BCUT2D eigenvalue weighted by molar-refractivity contribution is 6.23. The molecular formula is C124H80N12O4. The second kappa shape index (κ2) is 33.4. The van der Waals surface area contributed by atoms with Crippen molar-refractivity contribution in [2.75, 3.05) is 0 Å². The van der Waals surface area contributed by atoms with Gasteiger partial charge in [-0.05, 0) is 224 Å². The number of benzene rings is 18. The number of furan rings is 4. The third-order valence-electron chi connectivity index (χ3n) is 27.0. The highest BCUT2D eigenvalue weighted by Gasteiger charge is 2.26. The Bertz CT molecular complexity index is 9700. The summed E-state index contributed by atoms with van der Waals surface area (Å²) in [5.74, 6) is 3.70. The van der Waals surface area contributed by atoms with Crippen molar-refractivity contribution >= 4 is 153 Å². The number of hydrogen-bond donors (Lipinski definition) is 0. The fourth-order valence-corrected chi connectivity index (χ4v) is 20.9. The minimum atomic E-state index is 0.920. The molecule has 140 heavy (non-hydrogen) atoms. The first-order valence-electron chi connectivity index (χ1n) is 46.7. The fraction of sp³-hybridized carbons (Fsp3) is 0. The van der Waals surface area contributed by atoms with E-state index in [1.54, 1.807) is 25.1 Å². The molecular weight excluding hydrogens is 1720 g/mol. The fourth-order valence-electron chi connectivity index (χ4n) is 20.9. The molecule has 0 radical (unpaired) electrons. The first-order chi connectivity index (χ1) is 69.5. The molecule has 660 valence electrons. The van der Waals surface area contributed by atoms with E-state index < -0.39 is 0 Å². The van der Waals surface area contributed by atoms with E-state index in [1.807, 2.05) is 110 Å². The molecule has 0 bridgehead atoms. The van der Waals surface area contributed by atoms with Gasteiger partial charge in [-0.25, -0.2) is 19.9 Å². The molecule has 0 aliphatic rings. The van der Waals surface area contributed by atoms with E-state index in [0.29, 0.717) is 0 Å². The normalized spacial score (nSPS) is 11.7. The molecule has 12 heterocycles. The maximum atomic E-state index is 5.96. The molecule has 0 saturated carbocycles. The van der Waals surface area contributed by atoms with Crippen LogP contribution in [0.1, 0.15) is 0 Å². The molecule has 16 nitrogen and oxygen atoms in total. The first kappa shape index (κ1) is 80.3. The number of hydrogen-bond acceptors (Lipinski definition) is 8. The zero-order chi connectivity index (χ0) is 92.2. The molecule has 0 saturated heterocycles. The summed E-state index contributed by atoms with van der Waals surface area (Å²) in [6.07, 6.45) is 14.8. The zero-order valence-corrected chi connectivity index (χ0v) is 75.2. The van der Waals surface area contributed by atoms with E-state index in [2.05, 4.69) is 398 Å². The van der Waals surface area contributed by atoms with Crippen LogP contribution < -0.4 is 0 Å². The van der Waals surface area contributed by atoms with E-state index in [9.17, 15) is 0 Å². The van der Waals surface area contributed by atoms with E-state index in [4.69, 9.17) is 27.6 Å². The molecule has 0 amide bonds. The minimum Gasteiger partial charge on any atom is -0.464 e. The van der Waals surface area contributed by atoms with Crippen LogP contribution in [0, 0.1) is 0 Å². The average Bonchev–Trinajstić information content (AvgIpc) is 1.59. The molecule has 0 spiro atoms. The predicted octanol–water partition coefficient (Wildman–Crippen LogP) is 31.8. The van der Waals surface area contributed by atoms with Gasteiger partial charge in [0.2, 0.25) is 0 Å². The van der Waals surface area contributed by atoms with Gasteiger partial charge in [0, 0.05) is 136 Å². The predicted molar refractivity (Wildman–Crippen MR) is 567 cm³/mol. The lowest BCUT2D eigenvalue weighted by Gasteiger charge is -2.13. The number of rotatable bonds is 12. The van der Waals surface area contributed by atoms with Crippen molar-refractivity contribution in [1.82, 2.24) is 56.5 Å². The summed E-state index contributed by atoms with van der Waals surface area (Å²) >= 11 is 0. The smallest absolute Gasteiger partial charge is 0.145 e. The average molecular weight is 1800 g/mol. The van der Waals surface area contributed by atoms with E-state index in [-0.39, 0.29) is 0 Å². The third kappa shape index (κ3) is 13.4. The van der Waals surface area contributed by atoms with Gasteiger partial charge >= 0.3 is 0 Å². The lowest BCUT2D eigenvalue weighted by molar-refractivity contribution is 0.619. The largest absolute Gasteiger partial charge is 0.464 e. The number of para-hydroxylation sites is 10. The molecule has 0 fully saturated rings. The van der Waals surface area contributed by atoms with E-state index >= 15 is 0 Å². The van der Waals surface area contributed by atoms with Gasteiger partial charge in [-0.15, -0.1) is 0 Å². The lowest BCUT2D eigenvalue weighted by atomic mass is 10.1. The summed E-state index contributed by atoms with van der Waals surface area (Å²) in [6.45, 7) is 0. The molecule has 12 aromatic heterocycles. The van der Waals surface area contributed by atoms with Crippen molar-refractivity contribution in [3.8, 4) is 91.1 Å². The molecule has 0 unspecified atom stereocenters. The van der Waals surface area contributed by atoms with Crippen molar-refractivity contribution in [2.24, 2.45) is 0 Å². The van der Waals surface area contributed by atoms with Crippen molar-refractivity contribution < 1.29 is 17.7 Å². The van der Waals surface area contributed by atoms with Gasteiger partial charge in [-0.1, -0.05) is 212 Å². The molecule has 0 atom stereocenters. The highest BCUT2D eigenvalue weighted by Crippen LogP contribution is 2.45. The number of aromatic nitrogens is 12. The quantitative estimate of drug-likeness (QED) is 0.118. The van der Waals surface area contributed by atoms with Gasteiger partial charge in [0.15, 0.2) is 0 Å². The third-order valence-corrected chi connectivity index (χ3v) is 27.0. The second-order valence-corrected chi connectivity index (χ2v) is 34.9. The lowest BCUT2D eigenvalue weighted by Crippen LogP contribution is -2.00. The van der Waals surface area contributed by atoms with Crippen LogP contribution in [0.3, 0.4) is 0 Å². The Morgan fingerprint density at radius 1 is 0.179 bits per heavy atom. The Morgan fingerprint density at radius 2 is 0.457 bits per heavy atom.